The van der Waals surface area contributed by atoms with E-state index in [1.807, 2.05) is 54.6 Å². The number of halogens is 1. The second kappa shape index (κ2) is 5.27. The highest BCUT2D eigenvalue weighted by Gasteiger charge is 2.11. The molecule has 0 aromatic heterocycles. The summed E-state index contributed by atoms with van der Waals surface area (Å²) >= 11 is 2.22. The Morgan fingerprint density at radius 1 is 0.882 bits per heavy atom. The minimum atomic E-state index is -0.0207. The summed E-state index contributed by atoms with van der Waals surface area (Å²) in [6, 6.07) is 17.0. The third-order valence-electron chi connectivity index (χ3n) is 2.50. The molecule has 0 amide bonds. The monoisotopic (exact) mass is 334 g/mol. The Morgan fingerprint density at radius 3 is 2.06 bits per heavy atom. The summed E-state index contributed by atoms with van der Waals surface area (Å²) in [6.45, 7) is 3.87. The largest absolute Gasteiger partial charge is 0.289 e. The van der Waals surface area contributed by atoms with Crippen molar-refractivity contribution in [3.63, 3.8) is 0 Å². The second-order valence-electron chi connectivity index (χ2n) is 3.68. The van der Waals surface area contributed by atoms with E-state index in [2.05, 4.69) is 29.2 Å². The summed E-state index contributed by atoms with van der Waals surface area (Å²) in [5.41, 5.74) is 2.09. The van der Waals surface area contributed by atoms with Gasteiger partial charge >= 0.3 is 0 Å². The molecule has 0 radical (unpaired) electrons. The molecule has 84 valence electrons. The van der Waals surface area contributed by atoms with Crippen molar-refractivity contribution in [2.75, 3.05) is 0 Å². The van der Waals surface area contributed by atoms with E-state index in [4.69, 9.17) is 0 Å². The fraction of sp³-hybridized carbons (Fsp3) is 0. The summed E-state index contributed by atoms with van der Waals surface area (Å²) in [4.78, 5) is 12.2. The number of carbonyl (C=O) groups excluding carboxylic acids is 1. The van der Waals surface area contributed by atoms with Crippen LogP contribution >= 0.6 is 22.6 Å². The van der Waals surface area contributed by atoms with Gasteiger partial charge in [-0.15, -0.1) is 0 Å². The van der Waals surface area contributed by atoms with E-state index in [-0.39, 0.29) is 5.78 Å². The second-order valence-corrected chi connectivity index (χ2v) is 4.93. The standard InChI is InChI=1S/C15H11IO/c1-11(12-5-3-2-4-6-12)15(17)13-7-9-14(16)10-8-13/h2-10H,1H2. The van der Waals surface area contributed by atoms with Crippen LogP contribution in [0.15, 0.2) is 61.2 Å². The quantitative estimate of drug-likeness (QED) is 0.467. The van der Waals surface area contributed by atoms with Gasteiger partial charge in [-0.1, -0.05) is 36.9 Å². The fourth-order valence-corrected chi connectivity index (χ4v) is 1.91. The number of carbonyl (C=O) groups is 1. The third-order valence-corrected chi connectivity index (χ3v) is 3.22. The lowest BCUT2D eigenvalue weighted by molar-refractivity contribution is 0.105. The van der Waals surface area contributed by atoms with Crippen molar-refractivity contribution in [1.82, 2.24) is 0 Å². The van der Waals surface area contributed by atoms with Crippen molar-refractivity contribution < 1.29 is 4.79 Å². The molecule has 0 aliphatic carbocycles. The Balaban J connectivity index is 2.27. The molecule has 2 rings (SSSR count). The zero-order valence-electron chi connectivity index (χ0n) is 9.19. The van der Waals surface area contributed by atoms with Crippen LogP contribution in [0, 0.1) is 3.57 Å². The highest BCUT2D eigenvalue weighted by Crippen LogP contribution is 2.18. The first-order valence-corrected chi connectivity index (χ1v) is 6.31. The van der Waals surface area contributed by atoms with Crippen LogP contribution in [-0.2, 0) is 0 Å². The lowest BCUT2D eigenvalue weighted by atomic mass is 9.98. The molecule has 0 unspecified atom stereocenters. The molecule has 1 nitrogen and oxygen atoms in total. The lowest BCUT2D eigenvalue weighted by Crippen LogP contribution is -2.01. The summed E-state index contributed by atoms with van der Waals surface area (Å²) in [6.07, 6.45) is 0. The topological polar surface area (TPSA) is 17.1 Å². The highest BCUT2D eigenvalue weighted by atomic mass is 127. The van der Waals surface area contributed by atoms with E-state index in [1.165, 1.54) is 0 Å². The predicted octanol–water partition coefficient (Wildman–Crippen LogP) is 4.19. The molecular weight excluding hydrogens is 323 g/mol. The van der Waals surface area contributed by atoms with Crippen molar-refractivity contribution in [1.29, 1.82) is 0 Å². The predicted molar refractivity (Wildman–Crippen MR) is 79.0 cm³/mol. The van der Waals surface area contributed by atoms with Crippen LogP contribution in [0.25, 0.3) is 5.57 Å². The molecule has 17 heavy (non-hydrogen) atoms. The highest BCUT2D eigenvalue weighted by molar-refractivity contribution is 14.1. The van der Waals surface area contributed by atoms with Crippen LogP contribution < -0.4 is 0 Å². The minimum Gasteiger partial charge on any atom is -0.289 e. The maximum absolute atomic E-state index is 12.2. The van der Waals surface area contributed by atoms with Gasteiger partial charge < -0.3 is 0 Å². The van der Waals surface area contributed by atoms with Gasteiger partial charge in [0.1, 0.15) is 0 Å². The molecule has 0 heterocycles. The Morgan fingerprint density at radius 2 is 1.47 bits per heavy atom. The van der Waals surface area contributed by atoms with Crippen molar-refractivity contribution in [3.05, 3.63) is 75.9 Å². The first kappa shape index (κ1) is 12.0. The van der Waals surface area contributed by atoms with Crippen molar-refractivity contribution in [2.45, 2.75) is 0 Å². The molecule has 0 bridgehead atoms. The minimum absolute atomic E-state index is 0.0207. The van der Waals surface area contributed by atoms with Gasteiger partial charge in [-0.2, -0.15) is 0 Å². The van der Waals surface area contributed by atoms with Gasteiger partial charge in [-0.05, 0) is 52.4 Å². The van der Waals surface area contributed by atoms with Crippen molar-refractivity contribution in [2.24, 2.45) is 0 Å². The van der Waals surface area contributed by atoms with E-state index >= 15 is 0 Å². The molecular formula is C15H11IO. The molecule has 0 aliphatic heterocycles. The van der Waals surface area contributed by atoms with Gasteiger partial charge in [0.15, 0.2) is 5.78 Å². The molecule has 0 spiro atoms. The number of rotatable bonds is 3. The molecule has 0 atom stereocenters. The van der Waals surface area contributed by atoms with Gasteiger partial charge in [-0.3, -0.25) is 4.79 Å². The summed E-state index contributed by atoms with van der Waals surface area (Å²) in [7, 11) is 0. The first-order valence-electron chi connectivity index (χ1n) is 5.23. The number of ketones is 1. The smallest absolute Gasteiger partial charge is 0.193 e. The third kappa shape index (κ3) is 2.82. The van der Waals surface area contributed by atoms with Gasteiger partial charge in [0.2, 0.25) is 0 Å². The van der Waals surface area contributed by atoms with Crippen LogP contribution in [-0.4, -0.2) is 5.78 Å². The average molecular weight is 334 g/mol. The fourth-order valence-electron chi connectivity index (χ4n) is 1.55. The number of Topliss-reactive ketones (excluding diaryl/α,β-unsaturated/α-hetero) is 1. The van der Waals surface area contributed by atoms with Crippen molar-refractivity contribution in [3.8, 4) is 0 Å². The zero-order valence-corrected chi connectivity index (χ0v) is 11.3. The van der Waals surface area contributed by atoms with Gasteiger partial charge in [0.05, 0.1) is 0 Å². The number of hydrogen-bond donors (Lipinski definition) is 0. The van der Waals surface area contributed by atoms with E-state index < -0.39 is 0 Å². The van der Waals surface area contributed by atoms with E-state index in [0.717, 1.165) is 9.13 Å². The number of hydrogen-bond acceptors (Lipinski definition) is 1. The first-order chi connectivity index (χ1) is 8.18. The maximum atomic E-state index is 12.2. The van der Waals surface area contributed by atoms with Crippen LogP contribution in [0.4, 0.5) is 0 Å². The Labute approximate surface area is 114 Å². The molecule has 0 N–H and O–H groups in total. The van der Waals surface area contributed by atoms with Gasteiger partial charge in [0.25, 0.3) is 0 Å². The summed E-state index contributed by atoms with van der Waals surface area (Å²) in [5.74, 6) is -0.0207. The van der Waals surface area contributed by atoms with Crippen LogP contribution in [0.2, 0.25) is 0 Å². The molecule has 0 fully saturated rings. The molecule has 0 aliphatic rings. The van der Waals surface area contributed by atoms with Gasteiger partial charge in [0, 0.05) is 14.7 Å². The van der Waals surface area contributed by atoms with E-state index in [9.17, 15) is 4.79 Å². The Hall–Kier alpha value is -1.42. The van der Waals surface area contributed by atoms with Crippen LogP contribution in [0.3, 0.4) is 0 Å². The number of allylic oxidation sites excluding steroid dienone is 1. The van der Waals surface area contributed by atoms with Crippen LogP contribution in [0.5, 0.6) is 0 Å². The summed E-state index contributed by atoms with van der Waals surface area (Å²) in [5, 5.41) is 0. The maximum Gasteiger partial charge on any atom is 0.193 e. The number of benzene rings is 2. The normalized spacial score (nSPS) is 9.94. The van der Waals surface area contributed by atoms with Crippen molar-refractivity contribution >= 4 is 33.9 Å². The Bertz CT molecular complexity index is 541. The average Bonchev–Trinajstić information content (AvgIpc) is 2.39. The Kier molecular flexibility index (Phi) is 3.74. The van der Waals surface area contributed by atoms with E-state index in [1.54, 1.807) is 0 Å². The lowest BCUT2D eigenvalue weighted by Gasteiger charge is -2.05. The molecule has 0 saturated heterocycles. The molecule has 0 saturated carbocycles. The van der Waals surface area contributed by atoms with Gasteiger partial charge in [-0.25, -0.2) is 0 Å². The zero-order chi connectivity index (χ0) is 12.3. The van der Waals surface area contributed by atoms with Crippen LogP contribution in [0.1, 0.15) is 15.9 Å². The molecule has 2 heteroatoms. The molecule has 2 aromatic carbocycles. The van der Waals surface area contributed by atoms with E-state index in [0.29, 0.717) is 11.1 Å². The molecule has 2 aromatic rings. The summed E-state index contributed by atoms with van der Waals surface area (Å²) < 4.78 is 1.12. The SMILES string of the molecule is C=C(C(=O)c1ccc(I)cc1)c1ccccc1.